The van der Waals surface area contributed by atoms with Gasteiger partial charge in [0, 0.05) is 4.90 Å². The number of anilines is 1. The molecule has 0 saturated carbocycles. The molecule has 0 radical (unpaired) electrons. The summed E-state index contributed by atoms with van der Waals surface area (Å²) in [4.78, 5) is 17.4. The molecule has 22 heavy (non-hydrogen) atoms. The molecule has 1 heterocycles. The van der Waals surface area contributed by atoms with E-state index in [2.05, 4.69) is 10.3 Å². The van der Waals surface area contributed by atoms with Crippen molar-refractivity contribution in [1.29, 1.82) is 0 Å². The minimum absolute atomic E-state index is 0.309. The van der Waals surface area contributed by atoms with Crippen molar-refractivity contribution < 1.29 is 13.6 Å². The molecule has 0 bridgehead atoms. The van der Waals surface area contributed by atoms with Crippen molar-refractivity contribution in [2.45, 2.75) is 4.90 Å². The SMILES string of the molecule is CSc1cccc2sc(NC(=O)c3c(F)cccc3F)nc12. The van der Waals surface area contributed by atoms with Gasteiger partial charge in [0.25, 0.3) is 5.91 Å². The summed E-state index contributed by atoms with van der Waals surface area (Å²) in [7, 11) is 0. The standard InChI is InChI=1S/C15H10F2N2OS2/c1-21-10-6-3-7-11-13(10)18-15(22-11)19-14(20)12-8(16)4-2-5-9(12)17/h2-7H,1H3,(H,18,19,20). The molecule has 7 heteroatoms. The van der Waals surface area contributed by atoms with Crippen molar-refractivity contribution in [2.24, 2.45) is 0 Å². The summed E-state index contributed by atoms with van der Waals surface area (Å²) in [6.45, 7) is 0. The molecule has 1 aromatic heterocycles. The van der Waals surface area contributed by atoms with E-state index in [-0.39, 0.29) is 0 Å². The number of carbonyl (C=O) groups excluding carboxylic acids is 1. The van der Waals surface area contributed by atoms with Gasteiger partial charge >= 0.3 is 0 Å². The number of fused-ring (bicyclic) bond motifs is 1. The third kappa shape index (κ3) is 2.69. The van der Waals surface area contributed by atoms with Gasteiger partial charge in [0.1, 0.15) is 17.2 Å². The lowest BCUT2D eigenvalue weighted by Crippen LogP contribution is -2.15. The molecule has 0 spiro atoms. The van der Waals surface area contributed by atoms with Crippen molar-refractivity contribution in [2.75, 3.05) is 11.6 Å². The maximum atomic E-state index is 13.6. The second-order valence-corrected chi connectivity index (χ2v) is 6.26. The first-order valence-electron chi connectivity index (χ1n) is 6.29. The molecule has 3 nitrogen and oxygen atoms in total. The Labute approximate surface area is 133 Å². The fourth-order valence-corrected chi connectivity index (χ4v) is 3.53. The van der Waals surface area contributed by atoms with Crippen LogP contribution in [0.5, 0.6) is 0 Å². The number of amides is 1. The molecule has 0 aliphatic carbocycles. The van der Waals surface area contributed by atoms with Crippen LogP contribution in [-0.2, 0) is 0 Å². The van der Waals surface area contributed by atoms with E-state index in [1.807, 2.05) is 24.5 Å². The number of aromatic nitrogens is 1. The number of nitrogens with one attached hydrogen (secondary N) is 1. The van der Waals surface area contributed by atoms with Crippen LogP contribution in [0.15, 0.2) is 41.3 Å². The van der Waals surface area contributed by atoms with Crippen molar-refractivity contribution >= 4 is 44.4 Å². The van der Waals surface area contributed by atoms with Crippen LogP contribution in [0.1, 0.15) is 10.4 Å². The van der Waals surface area contributed by atoms with Gasteiger partial charge in [-0.2, -0.15) is 0 Å². The number of para-hydroxylation sites is 1. The zero-order chi connectivity index (χ0) is 15.7. The fraction of sp³-hybridized carbons (Fsp3) is 0.0667. The van der Waals surface area contributed by atoms with Gasteiger partial charge in [-0.3, -0.25) is 10.1 Å². The minimum Gasteiger partial charge on any atom is -0.298 e. The minimum atomic E-state index is -0.900. The summed E-state index contributed by atoms with van der Waals surface area (Å²) < 4.78 is 28.1. The van der Waals surface area contributed by atoms with Gasteiger partial charge in [-0.1, -0.05) is 23.5 Å². The van der Waals surface area contributed by atoms with Gasteiger partial charge in [0.05, 0.1) is 10.2 Å². The van der Waals surface area contributed by atoms with Crippen LogP contribution in [0.4, 0.5) is 13.9 Å². The summed E-state index contributed by atoms with van der Waals surface area (Å²) in [5.74, 6) is -2.65. The normalized spacial score (nSPS) is 10.9. The highest BCUT2D eigenvalue weighted by atomic mass is 32.2. The summed E-state index contributed by atoms with van der Waals surface area (Å²) in [6, 6.07) is 9.00. The summed E-state index contributed by atoms with van der Waals surface area (Å²) in [6.07, 6.45) is 1.93. The van der Waals surface area contributed by atoms with E-state index in [9.17, 15) is 13.6 Å². The van der Waals surface area contributed by atoms with E-state index in [0.717, 1.165) is 27.2 Å². The Kier molecular flexibility index (Phi) is 4.08. The Morgan fingerprint density at radius 3 is 2.55 bits per heavy atom. The number of hydrogen-bond acceptors (Lipinski definition) is 4. The molecule has 3 aromatic rings. The van der Waals surface area contributed by atoms with Crippen LogP contribution in [0.2, 0.25) is 0 Å². The smallest absolute Gasteiger partial charge is 0.263 e. The highest BCUT2D eigenvalue weighted by molar-refractivity contribution is 7.98. The molecule has 3 rings (SSSR count). The van der Waals surface area contributed by atoms with E-state index in [1.54, 1.807) is 11.8 Å². The molecule has 0 atom stereocenters. The van der Waals surface area contributed by atoms with Crippen LogP contribution in [0, 0.1) is 11.6 Å². The quantitative estimate of drug-likeness (QED) is 0.714. The number of thiazole rings is 1. The summed E-state index contributed by atoms with van der Waals surface area (Å²) in [5, 5.41) is 2.77. The molecular formula is C15H10F2N2OS2. The highest BCUT2D eigenvalue weighted by Crippen LogP contribution is 2.32. The molecule has 1 N–H and O–H groups in total. The Morgan fingerprint density at radius 2 is 1.86 bits per heavy atom. The average Bonchev–Trinajstić information content (AvgIpc) is 2.89. The number of hydrogen-bond donors (Lipinski definition) is 1. The second-order valence-electron chi connectivity index (χ2n) is 4.38. The van der Waals surface area contributed by atoms with E-state index in [4.69, 9.17) is 0 Å². The van der Waals surface area contributed by atoms with Crippen LogP contribution >= 0.6 is 23.1 Å². The van der Waals surface area contributed by atoms with E-state index >= 15 is 0 Å². The number of rotatable bonds is 3. The lowest BCUT2D eigenvalue weighted by molar-refractivity contribution is 0.101. The molecule has 1 amide bonds. The molecule has 2 aromatic carbocycles. The first kappa shape index (κ1) is 14.9. The van der Waals surface area contributed by atoms with E-state index in [0.29, 0.717) is 5.13 Å². The predicted octanol–water partition coefficient (Wildman–Crippen LogP) is 4.55. The summed E-state index contributed by atoms with van der Waals surface area (Å²) >= 11 is 2.80. The second kappa shape index (κ2) is 6.02. The molecular weight excluding hydrogens is 326 g/mol. The monoisotopic (exact) mass is 336 g/mol. The van der Waals surface area contributed by atoms with Gasteiger partial charge in [-0.25, -0.2) is 13.8 Å². The van der Waals surface area contributed by atoms with Crippen molar-refractivity contribution in [3.05, 3.63) is 53.6 Å². The Hall–Kier alpha value is -1.99. The number of nitrogens with zero attached hydrogens (tertiary/aromatic N) is 1. The van der Waals surface area contributed by atoms with Crippen molar-refractivity contribution in [1.82, 2.24) is 4.98 Å². The van der Waals surface area contributed by atoms with Gasteiger partial charge in [-0.15, -0.1) is 11.8 Å². The fourth-order valence-electron chi connectivity index (χ4n) is 2.02. The topological polar surface area (TPSA) is 42.0 Å². The number of benzene rings is 2. The van der Waals surface area contributed by atoms with Gasteiger partial charge in [0.15, 0.2) is 5.13 Å². The molecule has 0 aliphatic heterocycles. The zero-order valence-electron chi connectivity index (χ0n) is 11.4. The maximum absolute atomic E-state index is 13.6. The first-order chi connectivity index (χ1) is 10.6. The number of thioether (sulfide) groups is 1. The van der Waals surface area contributed by atoms with Crippen LogP contribution in [0.3, 0.4) is 0 Å². The van der Waals surface area contributed by atoms with Gasteiger partial charge in [-0.05, 0) is 30.5 Å². The molecule has 0 saturated heterocycles. The first-order valence-corrected chi connectivity index (χ1v) is 8.33. The van der Waals surface area contributed by atoms with E-state index in [1.165, 1.54) is 17.4 Å². The lowest BCUT2D eigenvalue weighted by Gasteiger charge is -2.03. The maximum Gasteiger partial charge on any atom is 0.263 e. The van der Waals surface area contributed by atoms with Gasteiger partial charge in [0.2, 0.25) is 0 Å². The van der Waals surface area contributed by atoms with Gasteiger partial charge < -0.3 is 0 Å². The number of halogens is 2. The average molecular weight is 336 g/mol. The van der Waals surface area contributed by atoms with Crippen LogP contribution in [-0.4, -0.2) is 17.1 Å². The molecule has 0 unspecified atom stereocenters. The highest BCUT2D eigenvalue weighted by Gasteiger charge is 2.18. The molecule has 0 fully saturated rings. The number of carbonyl (C=O) groups is 1. The zero-order valence-corrected chi connectivity index (χ0v) is 13.0. The van der Waals surface area contributed by atoms with Crippen molar-refractivity contribution in [3.63, 3.8) is 0 Å². The Balaban J connectivity index is 1.95. The predicted molar refractivity (Wildman–Crippen MR) is 85.7 cm³/mol. The summed E-state index contributed by atoms with van der Waals surface area (Å²) in [5.41, 5.74) is 0.163. The lowest BCUT2D eigenvalue weighted by atomic mass is 10.2. The third-order valence-electron chi connectivity index (χ3n) is 3.01. The van der Waals surface area contributed by atoms with E-state index < -0.39 is 23.1 Å². The molecule has 112 valence electrons. The van der Waals surface area contributed by atoms with Crippen molar-refractivity contribution in [3.8, 4) is 0 Å². The molecule has 0 aliphatic rings. The van der Waals surface area contributed by atoms with Crippen LogP contribution in [0.25, 0.3) is 10.2 Å². The Bertz CT molecular complexity index is 844. The third-order valence-corrected chi connectivity index (χ3v) is 4.72. The van der Waals surface area contributed by atoms with Crippen LogP contribution < -0.4 is 5.32 Å². The largest absolute Gasteiger partial charge is 0.298 e. The Morgan fingerprint density at radius 1 is 1.18 bits per heavy atom.